The summed E-state index contributed by atoms with van der Waals surface area (Å²) < 4.78 is 0. The van der Waals surface area contributed by atoms with E-state index in [2.05, 4.69) is 37.1 Å². The predicted molar refractivity (Wildman–Crippen MR) is 69.6 cm³/mol. The molecule has 0 radical (unpaired) electrons. The van der Waals surface area contributed by atoms with Gasteiger partial charge in [-0.25, -0.2) is 0 Å². The molecule has 1 aromatic heterocycles. The highest BCUT2D eigenvalue weighted by atomic mass is 14.9. The van der Waals surface area contributed by atoms with Gasteiger partial charge in [-0.15, -0.1) is 0 Å². The van der Waals surface area contributed by atoms with Gasteiger partial charge in [-0.1, -0.05) is 19.9 Å². The quantitative estimate of drug-likeness (QED) is 0.797. The Kier molecular flexibility index (Phi) is 5.47. The summed E-state index contributed by atoms with van der Waals surface area (Å²) in [6, 6.07) is 4.69. The molecular weight excluding hydrogens is 196 g/mol. The molecule has 2 nitrogen and oxygen atoms in total. The van der Waals surface area contributed by atoms with Gasteiger partial charge in [0.05, 0.1) is 0 Å². The van der Waals surface area contributed by atoms with Gasteiger partial charge in [-0.05, 0) is 44.4 Å². The van der Waals surface area contributed by atoms with Crippen LogP contribution < -0.4 is 5.32 Å². The summed E-state index contributed by atoms with van der Waals surface area (Å²) in [6.45, 7) is 6.69. The summed E-state index contributed by atoms with van der Waals surface area (Å²) >= 11 is 0. The van der Waals surface area contributed by atoms with Crippen LogP contribution in [0.1, 0.15) is 37.9 Å². The molecule has 90 valence electrons. The first-order valence-corrected chi connectivity index (χ1v) is 6.21. The van der Waals surface area contributed by atoms with Crippen LogP contribution in [0.4, 0.5) is 0 Å². The fourth-order valence-electron chi connectivity index (χ4n) is 1.85. The molecule has 1 N–H and O–H groups in total. The Morgan fingerprint density at radius 3 is 2.62 bits per heavy atom. The fraction of sp³-hybridized carbons (Fsp3) is 0.643. The van der Waals surface area contributed by atoms with E-state index in [9.17, 15) is 0 Å². The van der Waals surface area contributed by atoms with Crippen molar-refractivity contribution in [3.8, 4) is 0 Å². The zero-order chi connectivity index (χ0) is 12.0. The first kappa shape index (κ1) is 13.2. The van der Waals surface area contributed by atoms with Crippen LogP contribution in [0.5, 0.6) is 0 Å². The molecule has 1 unspecified atom stereocenters. The van der Waals surface area contributed by atoms with Crippen molar-refractivity contribution < 1.29 is 0 Å². The van der Waals surface area contributed by atoms with Gasteiger partial charge in [0, 0.05) is 24.4 Å². The first-order chi connectivity index (χ1) is 7.63. The molecule has 0 aliphatic carbocycles. The zero-order valence-corrected chi connectivity index (χ0v) is 11.0. The molecule has 16 heavy (non-hydrogen) atoms. The number of nitrogens with one attached hydrogen (secondary N) is 1. The van der Waals surface area contributed by atoms with E-state index >= 15 is 0 Å². The van der Waals surface area contributed by atoms with Gasteiger partial charge in [0.25, 0.3) is 0 Å². The Labute approximate surface area is 99.5 Å². The van der Waals surface area contributed by atoms with Crippen molar-refractivity contribution in [2.24, 2.45) is 5.92 Å². The maximum absolute atomic E-state index is 4.45. The third-order valence-electron chi connectivity index (χ3n) is 3.06. The molecule has 0 saturated heterocycles. The third-order valence-corrected chi connectivity index (χ3v) is 3.06. The summed E-state index contributed by atoms with van der Waals surface area (Å²) in [7, 11) is 2.04. The number of likely N-dealkylation sites (N-methyl/N-ethyl adjacent to an activating group) is 1. The van der Waals surface area contributed by atoms with E-state index in [1.54, 1.807) is 0 Å². The van der Waals surface area contributed by atoms with E-state index in [1.165, 1.54) is 24.1 Å². The van der Waals surface area contributed by atoms with Gasteiger partial charge in [0.1, 0.15) is 0 Å². The average molecular weight is 220 g/mol. The number of hydrogen-bond donors (Lipinski definition) is 1. The molecule has 0 fully saturated rings. The molecule has 0 saturated carbocycles. The molecule has 1 atom stereocenters. The smallest absolute Gasteiger partial charge is 0.0448 e. The second kappa shape index (κ2) is 6.64. The molecular formula is C14H24N2. The largest absolute Gasteiger partial charge is 0.317 e. The minimum Gasteiger partial charge on any atom is -0.317 e. The Morgan fingerprint density at radius 1 is 1.31 bits per heavy atom. The minimum absolute atomic E-state index is 0.552. The Balaban J connectivity index is 2.53. The molecule has 0 aromatic carbocycles. The molecule has 0 amide bonds. The van der Waals surface area contributed by atoms with E-state index in [4.69, 9.17) is 0 Å². The molecule has 1 heterocycles. The molecule has 0 bridgehead atoms. The van der Waals surface area contributed by atoms with E-state index in [0.29, 0.717) is 6.04 Å². The van der Waals surface area contributed by atoms with E-state index in [-0.39, 0.29) is 0 Å². The lowest BCUT2D eigenvalue weighted by atomic mass is 9.98. The maximum Gasteiger partial charge on any atom is 0.0448 e. The van der Waals surface area contributed by atoms with Crippen LogP contribution >= 0.6 is 0 Å². The topological polar surface area (TPSA) is 24.9 Å². The Morgan fingerprint density at radius 2 is 2.06 bits per heavy atom. The molecule has 0 aliphatic heterocycles. The first-order valence-electron chi connectivity index (χ1n) is 6.21. The van der Waals surface area contributed by atoms with Crippen LogP contribution in [-0.2, 0) is 6.42 Å². The standard InChI is InChI=1S/C14H24N2/c1-11(2)7-8-13(15-4)10-14-12(3)6-5-9-16-14/h5-6,9,11,13,15H,7-8,10H2,1-4H3. The highest BCUT2D eigenvalue weighted by Crippen LogP contribution is 2.12. The molecule has 1 rings (SSSR count). The number of aromatic nitrogens is 1. The molecule has 0 aliphatic rings. The molecule has 0 spiro atoms. The molecule has 1 aromatic rings. The summed E-state index contributed by atoms with van der Waals surface area (Å²) in [6.07, 6.45) is 5.43. The predicted octanol–water partition coefficient (Wildman–Crippen LogP) is 2.96. The van der Waals surface area contributed by atoms with Crippen molar-refractivity contribution in [1.82, 2.24) is 10.3 Å². The summed E-state index contributed by atoms with van der Waals surface area (Å²) in [5.74, 6) is 0.778. The van der Waals surface area contributed by atoms with E-state index in [0.717, 1.165) is 12.3 Å². The summed E-state index contributed by atoms with van der Waals surface area (Å²) in [5.41, 5.74) is 2.53. The fourth-order valence-corrected chi connectivity index (χ4v) is 1.85. The third kappa shape index (κ3) is 4.31. The van der Waals surface area contributed by atoms with Gasteiger partial charge in [0.2, 0.25) is 0 Å². The summed E-state index contributed by atoms with van der Waals surface area (Å²) in [5, 5.41) is 3.39. The number of hydrogen-bond acceptors (Lipinski definition) is 2. The van der Waals surface area contributed by atoms with E-state index < -0.39 is 0 Å². The van der Waals surface area contributed by atoms with Crippen LogP contribution in [0.25, 0.3) is 0 Å². The van der Waals surface area contributed by atoms with Crippen LogP contribution in [0.3, 0.4) is 0 Å². The van der Waals surface area contributed by atoms with Gasteiger partial charge in [0.15, 0.2) is 0 Å². The van der Waals surface area contributed by atoms with Crippen molar-refractivity contribution in [2.45, 2.75) is 46.1 Å². The Hall–Kier alpha value is -0.890. The SMILES string of the molecule is CNC(CCC(C)C)Cc1ncccc1C. The van der Waals surface area contributed by atoms with Crippen molar-refractivity contribution in [2.75, 3.05) is 7.05 Å². The zero-order valence-electron chi connectivity index (χ0n) is 11.0. The van der Waals surface area contributed by atoms with Crippen molar-refractivity contribution in [1.29, 1.82) is 0 Å². The highest BCUT2D eigenvalue weighted by Gasteiger charge is 2.10. The summed E-state index contributed by atoms with van der Waals surface area (Å²) in [4.78, 5) is 4.45. The minimum atomic E-state index is 0.552. The number of pyridine rings is 1. The maximum atomic E-state index is 4.45. The van der Waals surface area contributed by atoms with Crippen molar-refractivity contribution >= 4 is 0 Å². The van der Waals surface area contributed by atoms with Gasteiger partial charge < -0.3 is 5.32 Å². The molecule has 2 heteroatoms. The van der Waals surface area contributed by atoms with Gasteiger partial charge >= 0.3 is 0 Å². The van der Waals surface area contributed by atoms with Crippen LogP contribution in [0.2, 0.25) is 0 Å². The number of nitrogens with zero attached hydrogens (tertiary/aromatic N) is 1. The lowest BCUT2D eigenvalue weighted by Gasteiger charge is -2.17. The monoisotopic (exact) mass is 220 g/mol. The van der Waals surface area contributed by atoms with Gasteiger partial charge in [-0.2, -0.15) is 0 Å². The van der Waals surface area contributed by atoms with Crippen LogP contribution in [0, 0.1) is 12.8 Å². The second-order valence-corrected chi connectivity index (χ2v) is 4.93. The van der Waals surface area contributed by atoms with Gasteiger partial charge in [-0.3, -0.25) is 4.98 Å². The van der Waals surface area contributed by atoms with E-state index in [1.807, 2.05) is 19.3 Å². The van der Waals surface area contributed by atoms with Crippen molar-refractivity contribution in [3.05, 3.63) is 29.6 Å². The van der Waals surface area contributed by atoms with Crippen LogP contribution in [-0.4, -0.2) is 18.1 Å². The number of aryl methyl sites for hydroxylation is 1. The lowest BCUT2D eigenvalue weighted by molar-refractivity contribution is 0.447. The average Bonchev–Trinajstić information content (AvgIpc) is 2.26. The second-order valence-electron chi connectivity index (χ2n) is 4.93. The van der Waals surface area contributed by atoms with Crippen molar-refractivity contribution in [3.63, 3.8) is 0 Å². The highest BCUT2D eigenvalue weighted by molar-refractivity contribution is 5.18. The normalized spacial score (nSPS) is 13.1. The van der Waals surface area contributed by atoms with Crippen LogP contribution in [0.15, 0.2) is 18.3 Å². The lowest BCUT2D eigenvalue weighted by Crippen LogP contribution is -2.28. The number of rotatable bonds is 6. The Bertz CT molecular complexity index is 307.